The molecule has 126 valence electrons. The second-order valence-corrected chi connectivity index (χ2v) is 6.32. The molecule has 7 heteroatoms. The number of nitrogens with one attached hydrogen (secondary N) is 1. The zero-order valence-corrected chi connectivity index (χ0v) is 13.9. The molecule has 3 rings (SSSR count). The van der Waals surface area contributed by atoms with E-state index in [0.717, 1.165) is 28.7 Å². The van der Waals surface area contributed by atoms with Gasteiger partial charge in [0.15, 0.2) is 0 Å². The molecule has 0 bridgehead atoms. The van der Waals surface area contributed by atoms with Crippen molar-refractivity contribution in [1.29, 1.82) is 0 Å². The molecule has 0 aromatic carbocycles. The average molecular weight is 328 g/mol. The topological polar surface area (TPSA) is 86.0 Å². The quantitative estimate of drug-likeness (QED) is 0.894. The summed E-state index contributed by atoms with van der Waals surface area (Å²) in [5.74, 6) is -0.0978. The summed E-state index contributed by atoms with van der Waals surface area (Å²) >= 11 is 0. The van der Waals surface area contributed by atoms with Crippen molar-refractivity contribution in [3.8, 4) is 0 Å². The fraction of sp³-hybridized carbons (Fsp3) is 0.412. The Bertz CT molecular complexity index is 909. The molecule has 1 aliphatic carbocycles. The van der Waals surface area contributed by atoms with Gasteiger partial charge in [-0.05, 0) is 43.4 Å². The number of nitrogens with zero attached hydrogens (tertiary/aromatic N) is 3. The molecule has 0 spiro atoms. The summed E-state index contributed by atoms with van der Waals surface area (Å²) in [5, 5.41) is 2.94. The second-order valence-electron chi connectivity index (χ2n) is 6.32. The van der Waals surface area contributed by atoms with E-state index in [-0.39, 0.29) is 11.7 Å². The molecule has 1 aliphatic rings. The van der Waals surface area contributed by atoms with Gasteiger partial charge in [0.05, 0.1) is 11.7 Å². The minimum absolute atomic E-state index is 0.0569. The number of hydrogen-bond acceptors (Lipinski definition) is 4. The highest BCUT2D eigenvalue weighted by Crippen LogP contribution is 2.40. The Balaban J connectivity index is 1.93. The first-order chi connectivity index (χ1) is 11.4. The van der Waals surface area contributed by atoms with Gasteiger partial charge >= 0.3 is 5.69 Å². The molecule has 0 aliphatic heterocycles. The van der Waals surface area contributed by atoms with E-state index < -0.39 is 17.2 Å². The van der Waals surface area contributed by atoms with Crippen molar-refractivity contribution < 1.29 is 4.79 Å². The molecule has 0 radical (unpaired) electrons. The molecule has 2 aromatic heterocycles. The molecule has 1 atom stereocenters. The van der Waals surface area contributed by atoms with Crippen molar-refractivity contribution in [3.05, 3.63) is 62.2 Å². The summed E-state index contributed by atoms with van der Waals surface area (Å²) in [6.07, 6.45) is 3.77. The number of amides is 1. The number of aryl methyl sites for hydroxylation is 1. The van der Waals surface area contributed by atoms with E-state index in [0.29, 0.717) is 5.92 Å². The van der Waals surface area contributed by atoms with Crippen LogP contribution in [0.4, 0.5) is 0 Å². The molecular weight excluding hydrogens is 308 g/mol. The van der Waals surface area contributed by atoms with E-state index in [2.05, 4.69) is 10.3 Å². The average Bonchev–Trinajstić information content (AvgIpc) is 3.38. The Hall–Kier alpha value is -2.70. The highest BCUT2D eigenvalue weighted by atomic mass is 16.2. The zero-order valence-electron chi connectivity index (χ0n) is 13.9. The summed E-state index contributed by atoms with van der Waals surface area (Å²) in [7, 11) is 2.86. The van der Waals surface area contributed by atoms with Gasteiger partial charge in [0.1, 0.15) is 5.69 Å². The molecule has 24 heavy (non-hydrogen) atoms. The van der Waals surface area contributed by atoms with Gasteiger partial charge in [-0.2, -0.15) is 0 Å². The number of carbonyl (C=O) groups is 1. The lowest BCUT2D eigenvalue weighted by molar-refractivity contribution is 0.0920. The van der Waals surface area contributed by atoms with Crippen molar-refractivity contribution >= 4 is 5.91 Å². The molecule has 2 aromatic rings. The maximum atomic E-state index is 12.6. The maximum absolute atomic E-state index is 12.6. The Morgan fingerprint density at radius 1 is 1.25 bits per heavy atom. The standard InChI is InChI=1S/C17H20N4O3/c1-10-6-7-18-12(8-10)15(11-4-5-11)19-16(23)13-9-14(22)21(3)17(24)20(13)2/h6-9,11,15H,4-5H2,1-3H3,(H,19,23)/t15-/m1/s1. The monoisotopic (exact) mass is 328 g/mol. The maximum Gasteiger partial charge on any atom is 0.331 e. The van der Waals surface area contributed by atoms with Gasteiger partial charge in [0, 0.05) is 26.4 Å². The SMILES string of the molecule is Cc1ccnc([C@H](NC(=O)c2cc(=O)n(C)c(=O)n2C)C2CC2)c1. The van der Waals surface area contributed by atoms with Gasteiger partial charge in [-0.1, -0.05) is 0 Å². The minimum Gasteiger partial charge on any atom is -0.342 e. The first kappa shape index (κ1) is 16.2. The molecule has 1 saturated carbocycles. The van der Waals surface area contributed by atoms with Crippen molar-refractivity contribution in [1.82, 2.24) is 19.4 Å². The number of carbonyl (C=O) groups excluding carboxylic acids is 1. The normalized spacial score (nSPS) is 15.1. The van der Waals surface area contributed by atoms with Crippen LogP contribution in [0.3, 0.4) is 0 Å². The van der Waals surface area contributed by atoms with Crippen LogP contribution in [-0.2, 0) is 14.1 Å². The smallest absolute Gasteiger partial charge is 0.331 e. The van der Waals surface area contributed by atoms with Crippen molar-refractivity contribution in [3.63, 3.8) is 0 Å². The molecular formula is C17H20N4O3. The van der Waals surface area contributed by atoms with Gasteiger partial charge in [-0.15, -0.1) is 0 Å². The summed E-state index contributed by atoms with van der Waals surface area (Å²) in [5.41, 5.74) is 0.908. The van der Waals surface area contributed by atoms with Crippen LogP contribution >= 0.6 is 0 Å². The third kappa shape index (κ3) is 3.02. The fourth-order valence-corrected chi connectivity index (χ4v) is 2.76. The lowest BCUT2D eigenvalue weighted by Crippen LogP contribution is -2.42. The van der Waals surface area contributed by atoms with Crippen LogP contribution in [0.2, 0.25) is 0 Å². The molecule has 1 N–H and O–H groups in total. The number of rotatable bonds is 4. The lowest BCUT2D eigenvalue weighted by atomic mass is 10.1. The van der Waals surface area contributed by atoms with Gasteiger partial charge in [-0.3, -0.25) is 23.7 Å². The predicted molar refractivity (Wildman–Crippen MR) is 88.8 cm³/mol. The molecule has 7 nitrogen and oxygen atoms in total. The Kier molecular flexibility index (Phi) is 4.09. The summed E-state index contributed by atoms with van der Waals surface area (Å²) < 4.78 is 2.15. The third-order valence-corrected chi connectivity index (χ3v) is 4.39. The summed E-state index contributed by atoms with van der Waals surface area (Å²) in [6, 6.07) is 4.83. The first-order valence-electron chi connectivity index (χ1n) is 7.89. The Morgan fingerprint density at radius 2 is 1.96 bits per heavy atom. The highest BCUT2D eigenvalue weighted by Gasteiger charge is 2.35. The van der Waals surface area contributed by atoms with Gasteiger partial charge in [0.2, 0.25) is 0 Å². The Labute approximate surface area is 139 Å². The van der Waals surface area contributed by atoms with Crippen LogP contribution in [0.1, 0.15) is 40.6 Å². The molecule has 1 fully saturated rings. The van der Waals surface area contributed by atoms with Crippen LogP contribution < -0.4 is 16.6 Å². The lowest BCUT2D eigenvalue weighted by Gasteiger charge is -2.19. The summed E-state index contributed by atoms with van der Waals surface area (Å²) in [4.78, 5) is 40.8. The van der Waals surface area contributed by atoms with Crippen molar-refractivity contribution in [2.75, 3.05) is 0 Å². The predicted octanol–water partition coefficient (Wildman–Crippen LogP) is 0.669. The largest absolute Gasteiger partial charge is 0.342 e. The van der Waals surface area contributed by atoms with Gasteiger partial charge in [-0.25, -0.2) is 4.79 Å². The van der Waals surface area contributed by atoms with E-state index >= 15 is 0 Å². The highest BCUT2D eigenvalue weighted by molar-refractivity contribution is 5.92. The van der Waals surface area contributed by atoms with Crippen LogP contribution in [0.5, 0.6) is 0 Å². The fourth-order valence-electron chi connectivity index (χ4n) is 2.76. The van der Waals surface area contributed by atoms with E-state index in [4.69, 9.17) is 0 Å². The van der Waals surface area contributed by atoms with E-state index in [1.54, 1.807) is 6.20 Å². The van der Waals surface area contributed by atoms with E-state index in [1.807, 2.05) is 19.1 Å². The van der Waals surface area contributed by atoms with Crippen molar-refractivity contribution in [2.24, 2.45) is 20.0 Å². The second kappa shape index (κ2) is 6.07. The van der Waals surface area contributed by atoms with Crippen LogP contribution in [0.15, 0.2) is 34.0 Å². The number of pyridine rings is 1. The van der Waals surface area contributed by atoms with Crippen LogP contribution in [0, 0.1) is 12.8 Å². The Morgan fingerprint density at radius 3 is 2.58 bits per heavy atom. The zero-order chi connectivity index (χ0) is 17.4. The minimum atomic E-state index is -0.524. The van der Waals surface area contributed by atoms with Crippen LogP contribution in [-0.4, -0.2) is 20.0 Å². The van der Waals surface area contributed by atoms with Crippen molar-refractivity contribution in [2.45, 2.75) is 25.8 Å². The number of aromatic nitrogens is 3. The number of hydrogen-bond donors (Lipinski definition) is 1. The molecule has 1 amide bonds. The van der Waals surface area contributed by atoms with Gasteiger partial charge < -0.3 is 5.32 Å². The van der Waals surface area contributed by atoms with E-state index in [9.17, 15) is 14.4 Å². The summed E-state index contributed by atoms with van der Waals surface area (Å²) in [6.45, 7) is 1.97. The van der Waals surface area contributed by atoms with Gasteiger partial charge in [0.25, 0.3) is 11.5 Å². The van der Waals surface area contributed by atoms with Crippen LogP contribution in [0.25, 0.3) is 0 Å². The third-order valence-electron chi connectivity index (χ3n) is 4.39. The molecule has 2 heterocycles. The molecule has 0 saturated heterocycles. The van der Waals surface area contributed by atoms with E-state index in [1.165, 1.54) is 24.7 Å². The molecule has 0 unspecified atom stereocenters. The first-order valence-corrected chi connectivity index (χ1v) is 7.89.